The first-order chi connectivity index (χ1) is 35.0. The van der Waals surface area contributed by atoms with Gasteiger partial charge in [0.2, 0.25) is 0 Å². The Hall–Kier alpha value is -3.34. The third-order valence-electron chi connectivity index (χ3n) is 14.6. The molecule has 2 heterocycles. The largest absolute Gasteiger partial charge is 0.481 e. The van der Waals surface area contributed by atoms with Crippen molar-refractivity contribution >= 4 is 80.2 Å². The molecule has 3 aliphatic rings. The van der Waals surface area contributed by atoms with E-state index in [0.717, 1.165) is 139 Å². The molecule has 0 aliphatic heterocycles. The van der Waals surface area contributed by atoms with Crippen LogP contribution >= 0.6 is 46.2 Å². The maximum atomic E-state index is 15.7. The van der Waals surface area contributed by atoms with E-state index in [1.165, 1.54) is 99.7 Å². The summed E-state index contributed by atoms with van der Waals surface area (Å²) in [5.41, 5.74) is 2.69. The van der Waals surface area contributed by atoms with Crippen molar-refractivity contribution in [3.63, 3.8) is 0 Å². The molecule has 2 aromatic rings. The number of aromatic nitrogens is 2. The molecule has 0 spiro atoms. The predicted molar refractivity (Wildman–Crippen MR) is 293 cm³/mol. The van der Waals surface area contributed by atoms with Crippen molar-refractivity contribution in [1.29, 1.82) is 0 Å². The Kier molecular flexibility index (Phi) is 27.7. The van der Waals surface area contributed by atoms with Gasteiger partial charge in [-0.05, 0) is 50.4 Å². The summed E-state index contributed by atoms with van der Waals surface area (Å²) in [6.07, 6.45) is 31.2. The van der Waals surface area contributed by atoms with Gasteiger partial charge in [-0.1, -0.05) is 168 Å². The number of thioether (sulfide) groups is 2. The van der Waals surface area contributed by atoms with Gasteiger partial charge in [-0.25, -0.2) is 9.97 Å². The number of unbranched alkanes of at least 4 members (excludes halogenated alkanes) is 18. The van der Waals surface area contributed by atoms with E-state index < -0.39 is 11.9 Å². The van der Waals surface area contributed by atoms with Crippen molar-refractivity contribution < 1.29 is 39.0 Å². The molecule has 2 amide bonds. The Morgan fingerprint density at radius 3 is 1.15 bits per heavy atom. The molecule has 3 aliphatic carbocycles. The van der Waals surface area contributed by atoms with E-state index in [1.54, 1.807) is 20.6 Å². The molecular formula is C56H84N4O8S4. The Balaban J connectivity index is 1.45. The standard InChI is InChI=1S/C56H84N4O8S4/c1-3-5-7-9-11-13-15-17-19-27-33-59(55(67)71-53-57-43(39-69-53)35-47(61)62)37-45-49(41-29-23-21-24-30-41)52(66)46(50(51(45)65)42-31-25-22-26-32-42)38-60(34-28-20-18-16-14-12-10-8-6-4-2)56(68)72-54-58-44(40-70-54)36-48(63)64/h39-42H,3-38H2,1-2H3,(H,61,62)(H,63,64). The van der Waals surface area contributed by atoms with Crippen LogP contribution in [0.5, 0.6) is 0 Å². The minimum absolute atomic E-state index is 0.0103. The maximum Gasteiger partial charge on any atom is 0.309 e. The van der Waals surface area contributed by atoms with Gasteiger partial charge >= 0.3 is 11.9 Å². The average Bonchev–Trinajstić information content (AvgIpc) is 4.00. The summed E-state index contributed by atoms with van der Waals surface area (Å²) < 4.78 is 0.894. The first-order valence-corrected chi connectivity index (χ1v) is 31.2. The van der Waals surface area contributed by atoms with Gasteiger partial charge in [-0.3, -0.25) is 28.8 Å². The lowest BCUT2D eigenvalue weighted by Crippen LogP contribution is -2.41. The van der Waals surface area contributed by atoms with E-state index in [2.05, 4.69) is 23.8 Å². The second-order valence-corrected chi connectivity index (χ2v) is 24.5. The molecule has 0 atom stereocenters. The molecule has 12 nitrogen and oxygen atoms in total. The molecule has 0 saturated heterocycles. The van der Waals surface area contributed by atoms with Crippen LogP contribution in [0, 0.1) is 11.8 Å². The van der Waals surface area contributed by atoms with Crippen LogP contribution < -0.4 is 0 Å². The van der Waals surface area contributed by atoms with Crippen LogP contribution in [0.4, 0.5) is 9.59 Å². The topological polar surface area (TPSA) is 175 Å². The highest BCUT2D eigenvalue weighted by Crippen LogP contribution is 2.43. The van der Waals surface area contributed by atoms with Crippen molar-refractivity contribution in [3.8, 4) is 0 Å². The summed E-state index contributed by atoms with van der Waals surface area (Å²) in [6.45, 7) is 5.31. The van der Waals surface area contributed by atoms with Crippen LogP contribution in [0.3, 0.4) is 0 Å². The summed E-state index contributed by atoms with van der Waals surface area (Å²) >= 11 is 4.40. The summed E-state index contributed by atoms with van der Waals surface area (Å²) in [5, 5.41) is 21.6. The molecule has 0 radical (unpaired) electrons. The molecule has 0 aromatic carbocycles. The predicted octanol–water partition coefficient (Wildman–Crippen LogP) is 15.3. The molecule has 2 saturated carbocycles. The van der Waals surface area contributed by atoms with E-state index in [-0.39, 0.29) is 59.8 Å². The summed E-state index contributed by atoms with van der Waals surface area (Å²) in [4.78, 5) is 95.9. The van der Waals surface area contributed by atoms with Gasteiger partial charge in [-0.2, -0.15) is 0 Å². The van der Waals surface area contributed by atoms with Gasteiger partial charge in [0.05, 0.1) is 37.3 Å². The van der Waals surface area contributed by atoms with Crippen LogP contribution in [0.25, 0.3) is 0 Å². The molecule has 72 heavy (non-hydrogen) atoms. The van der Waals surface area contributed by atoms with Crippen molar-refractivity contribution in [1.82, 2.24) is 19.8 Å². The molecule has 0 unspecified atom stereocenters. The van der Waals surface area contributed by atoms with Gasteiger partial charge in [-0.15, -0.1) is 22.7 Å². The number of hydrogen-bond acceptors (Lipinski definition) is 12. The number of carbonyl (C=O) groups excluding carboxylic acids is 4. The fourth-order valence-electron chi connectivity index (χ4n) is 10.7. The van der Waals surface area contributed by atoms with Crippen LogP contribution in [0.15, 0.2) is 41.7 Å². The van der Waals surface area contributed by atoms with Crippen molar-refractivity contribution in [2.75, 3.05) is 26.2 Å². The minimum Gasteiger partial charge on any atom is -0.481 e. The highest BCUT2D eigenvalue weighted by atomic mass is 32.2. The second-order valence-electron chi connectivity index (χ2n) is 20.4. The second kappa shape index (κ2) is 33.6. The van der Waals surface area contributed by atoms with Crippen molar-refractivity contribution in [2.45, 2.75) is 228 Å². The zero-order valence-electron chi connectivity index (χ0n) is 43.5. The van der Waals surface area contributed by atoms with Crippen molar-refractivity contribution in [2.24, 2.45) is 11.8 Å². The van der Waals surface area contributed by atoms with Gasteiger partial charge in [0.15, 0.2) is 20.2 Å². The maximum absolute atomic E-state index is 15.7. The minimum atomic E-state index is -0.995. The molecule has 0 bridgehead atoms. The lowest BCUT2D eigenvalue weighted by atomic mass is 9.69. The van der Waals surface area contributed by atoms with E-state index in [0.29, 0.717) is 55.4 Å². The number of aliphatic carboxylic acids is 2. The highest BCUT2D eigenvalue weighted by Gasteiger charge is 2.42. The third kappa shape index (κ3) is 20.4. The highest BCUT2D eigenvalue weighted by molar-refractivity contribution is 8.15. The van der Waals surface area contributed by atoms with Crippen LogP contribution in [-0.2, 0) is 32.0 Å². The number of ketones is 2. The van der Waals surface area contributed by atoms with Gasteiger partial charge in [0.1, 0.15) is 0 Å². The van der Waals surface area contributed by atoms with Crippen LogP contribution in [0.2, 0.25) is 0 Å². The lowest BCUT2D eigenvalue weighted by Gasteiger charge is -2.36. The number of carbonyl (C=O) groups is 6. The molecule has 2 aromatic heterocycles. The number of carboxylic acid groups (broad SMARTS) is 2. The summed E-state index contributed by atoms with van der Waals surface area (Å²) in [5.74, 6) is -2.58. The van der Waals surface area contributed by atoms with E-state index in [9.17, 15) is 29.4 Å². The molecule has 2 fully saturated rings. The van der Waals surface area contributed by atoms with Gasteiger partial charge in [0, 0.05) is 69.7 Å². The SMILES string of the molecule is CCCCCCCCCCCCN(CC1=C(C2CCCCC2)C(=O)C(CN(CCCCCCCCCCCC)C(=O)Sc2nc(CC(=O)O)cs2)=C(C2CCCCC2)C1=O)C(=O)Sc1nc(CC(=O)O)cs1. The Labute approximate surface area is 446 Å². The first-order valence-electron chi connectivity index (χ1n) is 27.8. The molecule has 2 N–H and O–H groups in total. The number of allylic oxidation sites excluding steroid dienone is 2. The molecule has 5 rings (SSSR count). The van der Waals surface area contributed by atoms with Gasteiger partial charge in [0.25, 0.3) is 10.5 Å². The number of amides is 2. The normalized spacial score (nSPS) is 16.0. The number of Topliss-reactive ketones (excluding diaryl/α,β-unsaturated/α-hetero) is 2. The quantitative estimate of drug-likeness (QED) is 0.0386. The summed E-state index contributed by atoms with van der Waals surface area (Å²) in [6, 6.07) is 0. The van der Waals surface area contributed by atoms with E-state index in [4.69, 9.17) is 0 Å². The van der Waals surface area contributed by atoms with E-state index in [1.807, 2.05) is 0 Å². The fraction of sp³-hybridized carbons (Fsp3) is 0.714. The average molecular weight is 1070 g/mol. The van der Waals surface area contributed by atoms with Crippen LogP contribution in [0.1, 0.15) is 218 Å². The smallest absolute Gasteiger partial charge is 0.309 e. The zero-order chi connectivity index (χ0) is 51.5. The van der Waals surface area contributed by atoms with E-state index >= 15 is 9.59 Å². The Morgan fingerprint density at radius 2 is 0.833 bits per heavy atom. The number of carboxylic acids is 2. The number of nitrogens with zero attached hydrogens (tertiary/aromatic N) is 4. The van der Waals surface area contributed by atoms with Gasteiger partial charge < -0.3 is 20.0 Å². The fourth-order valence-corrected chi connectivity index (χ4v) is 14.0. The van der Waals surface area contributed by atoms with Crippen molar-refractivity contribution in [3.05, 3.63) is 44.4 Å². The molecular weight excluding hydrogens is 985 g/mol. The number of rotatable bonds is 34. The molecule has 400 valence electrons. The number of thiazole rings is 2. The number of hydrogen-bond donors (Lipinski definition) is 2. The van der Waals surface area contributed by atoms with Crippen LogP contribution in [-0.4, -0.2) is 90.1 Å². The first kappa shape index (κ1) is 59.5. The Bertz CT molecular complexity index is 1960. The third-order valence-corrected chi connectivity index (χ3v) is 18.4. The zero-order valence-corrected chi connectivity index (χ0v) is 46.8. The Morgan fingerprint density at radius 1 is 0.514 bits per heavy atom. The molecule has 16 heteroatoms. The monoisotopic (exact) mass is 1070 g/mol. The lowest BCUT2D eigenvalue weighted by molar-refractivity contribution is -0.137. The summed E-state index contributed by atoms with van der Waals surface area (Å²) in [7, 11) is 0.